The first kappa shape index (κ1) is 30.8. The van der Waals surface area contributed by atoms with Gasteiger partial charge in [-0.05, 0) is 90.3 Å². The zero-order valence-corrected chi connectivity index (χ0v) is 27.2. The van der Waals surface area contributed by atoms with Crippen molar-refractivity contribution in [2.24, 2.45) is 0 Å². The average molecular weight is 647 g/mol. The molecule has 0 saturated carbocycles. The van der Waals surface area contributed by atoms with Crippen LogP contribution < -0.4 is 19.3 Å². The van der Waals surface area contributed by atoms with Crippen molar-refractivity contribution in [3.63, 3.8) is 0 Å². The van der Waals surface area contributed by atoms with E-state index in [1.807, 2.05) is 36.4 Å². The molecular formula is C43H38N2O4. The van der Waals surface area contributed by atoms with Crippen molar-refractivity contribution >= 4 is 34.1 Å². The largest absolute Gasteiger partial charge is 0.491 e. The van der Waals surface area contributed by atoms with Crippen LogP contribution >= 0.6 is 0 Å². The van der Waals surface area contributed by atoms with E-state index in [0.717, 1.165) is 65.3 Å². The summed E-state index contributed by atoms with van der Waals surface area (Å²) in [6, 6.07) is 55.1. The van der Waals surface area contributed by atoms with Gasteiger partial charge in [0.05, 0.1) is 13.2 Å². The first-order chi connectivity index (χ1) is 24.2. The predicted molar refractivity (Wildman–Crippen MR) is 196 cm³/mol. The van der Waals surface area contributed by atoms with Crippen LogP contribution in [0.1, 0.15) is 11.1 Å². The second kappa shape index (κ2) is 14.3. The van der Waals surface area contributed by atoms with Crippen molar-refractivity contribution in [3.8, 4) is 11.5 Å². The predicted octanol–water partition coefficient (Wildman–Crippen LogP) is 9.77. The van der Waals surface area contributed by atoms with Gasteiger partial charge in [-0.1, -0.05) is 72.8 Å². The highest BCUT2D eigenvalue weighted by Crippen LogP contribution is 2.38. The van der Waals surface area contributed by atoms with Crippen LogP contribution in [0.2, 0.25) is 0 Å². The van der Waals surface area contributed by atoms with Crippen molar-refractivity contribution in [2.45, 2.75) is 18.6 Å². The van der Waals surface area contributed by atoms with E-state index in [1.54, 1.807) is 0 Å². The second-order valence-corrected chi connectivity index (χ2v) is 12.4. The smallest absolute Gasteiger partial charge is 0.121 e. The van der Waals surface area contributed by atoms with Gasteiger partial charge in [0.1, 0.15) is 36.9 Å². The van der Waals surface area contributed by atoms with Crippen LogP contribution in [0.5, 0.6) is 11.5 Å². The third-order valence-corrected chi connectivity index (χ3v) is 8.65. The molecule has 0 aromatic heterocycles. The lowest BCUT2D eigenvalue weighted by Gasteiger charge is -2.26. The topological polar surface area (TPSA) is 50.0 Å². The van der Waals surface area contributed by atoms with Crippen LogP contribution in [-0.2, 0) is 15.9 Å². The molecule has 0 radical (unpaired) electrons. The average Bonchev–Trinajstić information content (AvgIpc) is 4.10. The van der Waals surface area contributed by atoms with E-state index >= 15 is 0 Å². The normalized spacial score (nSPS) is 16.1. The van der Waals surface area contributed by atoms with Gasteiger partial charge in [-0.15, -0.1) is 0 Å². The number of benzene rings is 6. The number of rotatable bonds is 14. The SMILES string of the molecule is c1ccc(N(c2ccc(Cc3ccc(N(c4ccccc4)c4cccc(OCC5CO5)c4)cc3)cc2)c2cccc(OCC3CO3)c2)cc1. The van der Waals surface area contributed by atoms with E-state index in [-0.39, 0.29) is 12.2 Å². The molecule has 6 aromatic carbocycles. The first-order valence-corrected chi connectivity index (χ1v) is 16.8. The fourth-order valence-electron chi connectivity index (χ4n) is 5.94. The zero-order chi connectivity index (χ0) is 32.8. The van der Waals surface area contributed by atoms with Crippen molar-refractivity contribution in [1.82, 2.24) is 0 Å². The lowest BCUT2D eigenvalue weighted by atomic mass is 10.0. The Kier molecular flexibility index (Phi) is 8.96. The third kappa shape index (κ3) is 7.78. The highest BCUT2D eigenvalue weighted by atomic mass is 16.6. The van der Waals surface area contributed by atoms with Crippen LogP contribution in [0.3, 0.4) is 0 Å². The summed E-state index contributed by atoms with van der Waals surface area (Å²) in [4.78, 5) is 4.52. The minimum Gasteiger partial charge on any atom is -0.491 e. The van der Waals surface area contributed by atoms with Crippen LogP contribution in [0.15, 0.2) is 158 Å². The highest BCUT2D eigenvalue weighted by Gasteiger charge is 2.24. The van der Waals surface area contributed by atoms with Gasteiger partial charge in [-0.25, -0.2) is 0 Å². The molecule has 2 heterocycles. The maximum Gasteiger partial charge on any atom is 0.121 e. The van der Waals surface area contributed by atoms with Crippen molar-refractivity contribution in [1.29, 1.82) is 0 Å². The summed E-state index contributed by atoms with van der Waals surface area (Å²) in [5, 5.41) is 0. The van der Waals surface area contributed by atoms with Gasteiger partial charge in [0, 0.05) is 46.3 Å². The molecule has 0 N–H and O–H groups in total. The fourth-order valence-corrected chi connectivity index (χ4v) is 5.94. The Bertz CT molecular complexity index is 1810. The molecule has 244 valence electrons. The van der Waals surface area contributed by atoms with Gasteiger partial charge in [0.2, 0.25) is 0 Å². The lowest BCUT2D eigenvalue weighted by molar-refractivity contribution is 0.263. The number of epoxide rings is 2. The van der Waals surface area contributed by atoms with Crippen LogP contribution in [0, 0.1) is 0 Å². The second-order valence-electron chi connectivity index (χ2n) is 12.4. The number of hydrogen-bond donors (Lipinski definition) is 0. The Hall–Kier alpha value is -5.56. The summed E-state index contributed by atoms with van der Waals surface area (Å²) in [7, 11) is 0. The highest BCUT2D eigenvalue weighted by molar-refractivity contribution is 5.78. The summed E-state index contributed by atoms with van der Waals surface area (Å²) >= 11 is 0. The van der Waals surface area contributed by atoms with Gasteiger partial charge >= 0.3 is 0 Å². The molecule has 2 fully saturated rings. The van der Waals surface area contributed by atoms with Gasteiger partial charge in [0.15, 0.2) is 0 Å². The molecule has 2 atom stereocenters. The fraction of sp³-hybridized carbons (Fsp3) is 0.163. The number of nitrogens with zero attached hydrogens (tertiary/aromatic N) is 2. The van der Waals surface area contributed by atoms with E-state index in [9.17, 15) is 0 Å². The van der Waals surface area contributed by atoms with E-state index in [1.165, 1.54) is 11.1 Å². The standard InChI is InChI=1S/C43H38N2O4/c1-3-9-34(10-4-1)44(38-13-7-15-40(26-38)46-28-42-30-48-42)36-21-17-32(18-22-36)25-33-19-23-37(24-20-33)45(35-11-5-2-6-12-35)39-14-8-16-41(27-39)47-29-43-31-49-43/h1-24,26-27,42-43H,25,28-31H2. The maximum absolute atomic E-state index is 6.01. The summed E-state index contributed by atoms with van der Waals surface area (Å²) in [6.45, 7) is 2.71. The third-order valence-electron chi connectivity index (χ3n) is 8.65. The van der Waals surface area contributed by atoms with Gasteiger partial charge in [-0.2, -0.15) is 0 Å². The molecule has 6 nitrogen and oxygen atoms in total. The number of para-hydroxylation sites is 2. The van der Waals surface area contributed by atoms with E-state index in [0.29, 0.717) is 13.2 Å². The molecule has 6 aromatic rings. The van der Waals surface area contributed by atoms with E-state index in [4.69, 9.17) is 18.9 Å². The van der Waals surface area contributed by atoms with Crippen molar-refractivity contribution in [3.05, 3.63) is 169 Å². The molecule has 49 heavy (non-hydrogen) atoms. The van der Waals surface area contributed by atoms with Gasteiger partial charge in [-0.3, -0.25) is 0 Å². The van der Waals surface area contributed by atoms with Gasteiger partial charge < -0.3 is 28.7 Å². The number of ether oxygens (including phenoxy) is 4. The van der Waals surface area contributed by atoms with Gasteiger partial charge in [0.25, 0.3) is 0 Å². The molecule has 0 amide bonds. The molecule has 2 saturated heterocycles. The van der Waals surface area contributed by atoms with Crippen molar-refractivity contribution < 1.29 is 18.9 Å². The number of anilines is 6. The van der Waals surface area contributed by atoms with Crippen LogP contribution in [-0.4, -0.2) is 38.6 Å². The molecule has 2 aliphatic heterocycles. The minimum atomic E-state index is 0.213. The quantitative estimate of drug-likeness (QED) is 0.110. The molecule has 8 rings (SSSR count). The maximum atomic E-state index is 6.01. The molecule has 2 unspecified atom stereocenters. The minimum absolute atomic E-state index is 0.213. The Morgan fingerprint density at radius 1 is 0.429 bits per heavy atom. The Labute approximate surface area is 287 Å². The molecule has 2 aliphatic rings. The summed E-state index contributed by atoms with van der Waals surface area (Å²) < 4.78 is 22.7. The number of hydrogen-bond acceptors (Lipinski definition) is 6. The molecule has 0 spiro atoms. The van der Waals surface area contributed by atoms with Crippen molar-refractivity contribution in [2.75, 3.05) is 36.2 Å². The monoisotopic (exact) mass is 646 g/mol. The molecular weight excluding hydrogens is 608 g/mol. The van der Waals surface area contributed by atoms with Crippen LogP contribution in [0.25, 0.3) is 0 Å². The van der Waals surface area contributed by atoms with Crippen LogP contribution in [0.4, 0.5) is 34.1 Å². The van der Waals surface area contributed by atoms with E-state index in [2.05, 4.69) is 131 Å². The first-order valence-electron chi connectivity index (χ1n) is 16.8. The summed E-state index contributed by atoms with van der Waals surface area (Å²) in [6.07, 6.45) is 1.26. The summed E-state index contributed by atoms with van der Waals surface area (Å²) in [5.41, 5.74) is 8.92. The Balaban J connectivity index is 1.01. The molecule has 6 heteroatoms. The molecule has 0 aliphatic carbocycles. The molecule has 0 bridgehead atoms. The Morgan fingerprint density at radius 3 is 1.18 bits per heavy atom. The zero-order valence-electron chi connectivity index (χ0n) is 27.2. The summed E-state index contributed by atoms with van der Waals surface area (Å²) in [5.74, 6) is 1.68. The Morgan fingerprint density at radius 2 is 0.796 bits per heavy atom. The van der Waals surface area contributed by atoms with E-state index < -0.39 is 0 Å². The lowest BCUT2D eigenvalue weighted by Crippen LogP contribution is -2.11.